The number of aromatic nitrogens is 2. The van der Waals surface area contributed by atoms with Crippen molar-refractivity contribution in [2.45, 2.75) is 12.5 Å². The molecule has 96 valence electrons. The molecular weight excluding hydrogens is 248 g/mol. The molecule has 3 amide bonds. The van der Waals surface area contributed by atoms with Gasteiger partial charge in [-0.25, -0.2) is 4.98 Å². The second-order valence-corrected chi connectivity index (χ2v) is 4.24. The molecule has 1 fully saturated rings. The van der Waals surface area contributed by atoms with Crippen LogP contribution in [-0.2, 0) is 9.59 Å². The van der Waals surface area contributed by atoms with Crippen LogP contribution >= 0.6 is 0 Å². The summed E-state index contributed by atoms with van der Waals surface area (Å²) in [6, 6.07) is 2.67. The van der Waals surface area contributed by atoms with Gasteiger partial charge < -0.3 is 10.3 Å². The Morgan fingerprint density at radius 3 is 3.00 bits per heavy atom. The molecular formula is C12H10N4O3. The average Bonchev–Trinajstić information content (AvgIpc) is 2.93. The fraction of sp³-hybridized carbons (Fsp3) is 0.167. The minimum Gasteiger partial charge on any atom is -0.345 e. The highest BCUT2D eigenvalue weighted by Gasteiger charge is 2.32. The summed E-state index contributed by atoms with van der Waals surface area (Å²) in [5, 5.41) is 5.35. The van der Waals surface area contributed by atoms with Crippen molar-refractivity contribution in [2.24, 2.45) is 0 Å². The minimum atomic E-state index is -0.804. The number of carbonyl (C=O) groups is 3. The third kappa shape index (κ3) is 1.95. The Hall–Kier alpha value is -2.70. The van der Waals surface area contributed by atoms with Gasteiger partial charge in [0.1, 0.15) is 11.7 Å². The highest BCUT2D eigenvalue weighted by atomic mass is 16.2. The number of hydrogen-bond acceptors (Lipinski definition) is 4. The molecule has 1 aliphatic heterocycles. The zero-order valence-corrected chi connectivity index (χ0v) is 9.77. The van der Waals surface area contributed by atoms with Crippen LogP contribution in [0.15, 0.2) is 24.5 Å². The van der Waals surface area contributed by atoms with Crippen LogP contribution in [0, 0.1) is 0 Å². The lowest BCUT2D eigenvalue weighted by atomic mass is 10.2. The third-order valence-corrected chi connectivity index (χ3v) is 2.97. The topological polar surface area (TPSA) is 104 Å². The molecule has 2 aromatic heterocycles. The van der Waals surface area contributed by atoms with Crippen molar-refractivity contribution in [2.75, 3.05) is 0 Å². The molecule has 3 N–H and O–H groups in total. The summed E-state index contributed by atoms with van der Waals surface area (Å²) in [7, 11) is 0. The van der Waals surface area contributed by atoms with Crippen LogP contribution in [0.2, 0.25) is 0 Å². The lowest BCUT2D eigenvalue weighted by Crippen LogP contribution is -2.40. The van der Waals surface area contributed by atoms with E-state index in [4.69, 9.17) is 0 Å². The molecule has 0 aliphatic carbocycles. The predicted octanol–water partition coefficient (Wildman–Crippen LogP) is -0.292. The van der Waals surface area contributed by atoms with E-state index in [0.717, 1.165) is 0 Å². The number of imide groups is 1. The maximum Gasteiger partial charge on any atom is 0.254 e. The smallest absolute Gasteiger partial charge is 0.254 e. The van der Waals surface area contributed by atoms with E-state index >= 15 is 0 Å². The van der Waals surface area contributed by atoms with Gasteiger partial charge in [0.05, 0.1) is 12.0 Å². The summed E-state index contributed by atoms with van der Waals surface area (Å²) >= 11 is 0. The van der Waals surface area contributed by atoms with E-state index in [2.05, 4.69) is 20.6 Å². The van der Waals surface area contributed by atoms with Gasteiger partial charge in [-0.15, -0.1) is 0 Å². The van der Waals surface area contributed by atoms with E-state index in [1.54, 1.807) is 18.3 Å². The van der Waals surface area contributed by atoms with Crippen molar-refractivity contribution in [3.05, 3.63) is 30.1 Å². The fourth-order valence-electron chi connectivity index (χ4n) is 2.05. The number of carbonyl (C=O) groups excluding carboxylic acids is 3. The number of nitrogens with one attached hydrogen (secondary N) is 3. The van der Waals surface area contributed by atoms with Gasteiger partial charge in [-0.05, 0) is 12.1 Å². The van der Waals surface area contributed by atoms with E-state index in [1.807, 2.05) is 0 Å². The summed E-state index contributed by atoms with van der Waals surface area (Å²) in [5.74, 6) is -1.26. The van der Waals surface area contributed by atoms with E-state index in [9.17, 15) is 14.4 Å². The largest absolute Gasteiger partial charge is 0.345 e. The predicted molar refractivity (Wildman–Crippen MR) is 65.1 cm³/mol. The molecule has 1 aliphatic rings. The van der Waals surface area contributed by atoms with Gasteiger partial charge in [-0.2, -0.15) is 0 Å². The normalized spacial score (nSPS) is 18.6. The highest BCUT2D eigenvalue weighted by molar-refractivity contribution is 6.11. The van der Waals surface area contributed by atoms with Crippen LogP contribution in [0.4, 0.5) is 0 Å². The number of hydrogen-bond donors (Lipinski definition) is 3. The SMILES string of the molecule is O=C1CC(NC(=O)c2c[nH]c3ncccc23)C(=O)N1. The molecule has 0 aromatic carbocycles. The van der Waals surface area contributed by atoms with E-state index in [1.165, 1.54) is 6.20 Å². The van der Waals surface area contributed by atoms with Crippen molar-refractivity contribution in [1.82, 2.24) is 20.6 Å². The molecule has 19 heavy (non-hydrogen) atoms. The van der Waals surface area contributed by atoms with E-state index < -0.39 is 17.9 Å². The molecule has 0 spiro atoms. The number of H-pyrrole nitrogens is 1. The zero-order valence-electron chi connectivity index (χ0n) is 9.77. The number of rotatable bonds is 2. The van der Waals surface area contributed by atoms with Gasteiger partial charge in [-0.1, -0.05) is 0 Å². The number of nitrogens with zero attached hydrogens (tertiary/aromatic N) is 1. The maximum absolute atomic E-state index is 12.1. The molecule has 3 heterocycles. The van der Waals surface area contributed by atoms with E-state index in [-0.39, 0.29) is 12.3 Å². The Labute approximate surface area is 107 Å². The van der Waals surface area contributed by atoms with Crippen LogP contribution in [0.1, 0.15) is 16.8 Å². The first-order chi connectivity index (χ1) is 9.15. The minimum absolute atomic E-state index is 0.0226. The highest BCUT2D eigenvalue weighted by Crippen LogP contribution is 2.16. The Balaban J connectivity index is 1.85. The van der Waals surface area contributed by atoms with Gasteiger partial charge in [0.2, 0.25) is 11.8 Å². The lowest BCUT2D eigenvalue weighted by Gasteiger charge is -2.08. The Bertz CT molecular complexity index is 691. The summed E-state index contributed by atoms with van der Waals surface area (Å²) < 4.78 is 0. The van der Waals surface area contributed by atoms with E-state index in [0.29, 0.717) is 16.6 Å². The van der Waals surface area contributed by atoms with Crippen molar-refractivity contribution < 1.29 is 14.4 Å². The first-order valence-corrected chi connectivity index (χ1v) is 5.72. The van der Waals surface area contributed by atoms with Crippen LogP contribution < -0.4 is 10.6 Å². The molecule has 1 atom stereocenters. The first-order valence-electron chi connectivity index (χ1n) is 5.72. The van der Waals surface area contributed by atoms with Crippen molar-refractivity contribution in [1.29, 1.82) is 0 Å². The first kappa shape index (κ1) is 11.4. The molecule has 1 saturated heterocycles. The fourth-order valence-corrected chi connectivity index (χ4v) is 2.05. The lowest BCUT2D eigenvalue weighted by molar-refractivity contribution is -0.125. The van der Waals surface area contributed by atoms with Crippen molar-refractivity contribution in [3.8, 4) is 0 Å². The quantitative estimate of drug-likeness (QED) is 0.644. The van der Waals surface area contributed by atoms with Gasteiger partial charge in [0, 0.05) is 17.8 Å². The third-order valence-electron chi connectivity index (χ3n) is 2.97. The number of fused-ring (bicyclic) bond motifs is 1. The summed E-state index contributed by atoms with van der Waals surface area (Å²) in [5.41, 5.74) is 0.995. The van der Waals surface area contributed by atoms with Gasteiger partial charge in [0.25, 0.3) is 5.91 Å². The van der Waals surface area contributed by atoms with Crippen molar-refractivity contribution >= 4 is 28.8 Å². The summed E-state index contributed by atoms with van der Waals surface area (Å²) in [6.07, 6.45) is 3.12. The second-order valence-electron chi connectivity index (χ2n) is 4.24. The maximum atomic E-state index is 12.1. The standard InChI is InChI=1S/C12H10N4O3/c17-9-4-8(12(19)16-9)15-11(18)7-5-14-10-6(7)2-1-3-13-10/h1-3,5,8H,4H2,(H,13,14)(H,15,18)(H,16,17,19). The molecule has 0 radical (unpaired) electrons. The average molecular weight is 258 g/mol. The Kier molecular flexibility index (Phi) is 2.52. The zero-order chi connectivity index (χ0) is 13.4. The van der Waals surface area contributed by atoms with Crippen LogP contribution in [0.3, 0.4) is 0 Å². The van der Waals surface area contributed by atoms with Gasteiger partial charge in [-0.3, -0.25) is 19.7 Å². The molecule has 0 saturated carbocycles. The monoisotopic (exact) mass is 258 g/mol. The van der Waals surface area contributed by atoms with Gasteiger partial charge in [0.15, 0.2) is 0 Å². The van der Waals surface area contributed by atoms with Crippen LogP contribution in [0.25, 0.3) is 11.0 Å². The Morgan fingerprint density at radius 1 is 1.42 bits per heavy atom. The molecule has 7 heteroatoms. The second kappa shape index (κ2) is 4.20. The van der Waals surface area contributed by atoms with Gasteiger partial charge >= 0.3 is 0 Å². The number of aromatic amines is 1. The molecule has 3 rings (SSSR count). The number of amides is 3. The molecule has 2 aromatic rings. The summed E-state index contributed by atoms with van der Waals surface area (Å²) in [4.78, 5) is 41.5. The van der Waals surface area contributed by atoms with Crippen molar-refractivity contribution in [3.63, 3.8) is 0 Å². The van der Waals surface area contributed by atoms with Crippen LogP contribution in [-0.4, -0.2) is 33.7 Å². The molecule has 7 nitrogen and oxygen atoms in total. The number of pyridine rings is 1. The molecule has 1 unspecified atom stereocenters. The Morgan fingerprint density at radius 2 is 2.26 bits per heavy atom. The summed E-state index contributed by atoms with van der Waals surface area (Å²) in [6.45, 7) is 0. The molecule has 0 bridgehead atoms. The van der Waals surface area contributed by atoms with Crippen LogP contribution in [0.5, 0.6) is 0 Å².